The Hall–Kier alpha value is -2.29. The molecule has 0 aliphatic heterocycles. The standard InChI is InChI=1S/C15H15NO2/c16-15(17)18-11-14-8-6-13(7-9-14)10-12-4-2-1-3-5-12/h1-9H,10-11H2,(H2,16,17). The first-order valence-corrected chi connectivity index (χ1v) is 5.78. The Bertz CT molecular complexity index is 506. The van der Waals surface area contributed by atoms with Crippen molar-refractivity contribution in [2.24, 2.45) is 5.73 Å². The molecule has 3 nitrogen and oxygen atoms in total. The lowest BCUT2D eigenvalue weighted by Crippen LogP contribution is -2.12. The maximum absolute atomic E-state index is 10.5. The molecule has 0 radical (unpaired) electrons. The van der Waals surface area contributed by atoms with Gasteiger partial charge in [-0.15, -0.1) is 0 Å². The molecular weight excluding hydrogens is 226 g/mol. The summed E-state index contributed by atoms with van der Waals surface area (Å²) >= 11 is 0. The summed E-state index contributed by atoms with van der Waals surface area (Å²) in [4.78, 5) is 10.5. The van der Waals surface area contributed by atoms with E-state index in [1.165, 1.54) is 11.1 Å². The van der Waals surface area contributed by atoms with Crippen LogP contribution in [0.4, 0.5) is 4.79 Å². The Labute approximate surface area is 106 Å². The van der Waals surface area contributed by atoms with E-state index in [1.807, 2.05) is 42.5 Å². The van der Waals surface area contributed by atoms with Crippen molar-refractivity contribution in [3.05, 3.63) is 71.3 Å². The smallest absolute Gasteiger partial charge is 0.404 e. The van der Waals surface area contributed by atoms with Crippen LogP contribution in [0.1, 0.15) is 16.7 Å². The van der Waals surface area contributed by atoms with E-state index < -0.39 is 6.09 Å². The third kappa shape index (κ3) is 3.63. The van der Waals surface area contributed by atoms with Gasteiger partial charge in [0, 0.05) is 0 Å². The maximum Gasteiger partial charge on any atom is 0.404 e. The van der Waals surface area contributed by atoms with Crippen molar-refractivity contribution < 1.29 is 9.53 Å². The van der Waals surface area contributed by atoms with Crippen LogP contribution >= 0.6 is 0 Å². The summed E-state index contributed by atoms with van der Waals surface area (Å²) in [5.74, 6) is 0. The van der Waals surface area contributed by atoms with E-state index in [1.54, 1.807) is 0 Å². The number of nitrogens with two attached hydrogens (primary N) is 1. The number of amides is 1. The molecule has 0 spiro atoms. The van der Waals surface area contributed by atoms with Crippen molar-refractivity contribution in [1.29, 1.82) is 0 Å². The summed E-state index contributed by atoms with van der Waals surface area (Å²) in [6.07, 6.45) is 0.154. The fourth-order valence-electron chi connectivity index (χ4n) is 1.74. The van der Waals surface area contributed by atoms with Gasteiger partial charge in [0.25, 0.3) is 0 Å². The fourth-order valence-corrected chi connectivity index (χ4v) is 1.74. The maximum atomic E-state index is 10.5. The Morgan fingerprint density at radius 3 is 2.06 bits per heavy atom. The summed E-state index contributed by atoms with van der Waals surface area (Å²) in [7, 11) is 0. The van der Waals surface area contributed by atoms with Gasteiger partial charge in [-0.2, -0.15) is 0 Å². The number of carbonyl (C=O) groups excluding carboxylic acids is 1. The third-order valence-electron chi connectivity index (χ3n) is 2.66. The first-order valence-electron chi connectivity index (χ1n) is 5.78. The van der Waals surface area contributed by atoms with Gasteiger partial charge in [-0.3, -0.25) is 0 Å². The monoisotopic (exact) mass is 241 g/mol. The topological polar surface area (TPSA) is 52.3 Å². The number of hydrogen-bond acceptors (Lipinski definition) is 2. The van der Waals surface area contributed by atoms with Crippen LogP contribution in [-0.4, -0.2) is 6.09 Å². The van der Waals surface area contributed by atoms with Crippen LogP contribution < -0.4 is 5.73 Å². The lowest BCUT2D eigenvalue weighted by atomic mass is 10.0. The Balaban J connectivity index is 1.97. The molecule has 2 rings (SSSR count). The first-order chi connectivity index (χ1) is 8.74. The quantitative estimate of drug-likeness (QED) is 0.894. The van der Waals surface area contributed by atoms with Gasteiger partial charge in [-0.05, 0) is 23.1 Å². The van der Waals surface area contributed by atoms with Gasteiger partial charge < -0.3 is 10.5 Å². The van der Waals surface area contributed by atoms with Crippen LogP contribution in [0.5, 0.6) is 0 Å². The molecule has 0 saturated heterocycles. The summed E-state index contributed by atoms with van der Waals surface area (Å²) in [6, 6.07) is 18.2. The zero-order valence-electron chi connectivity index (χ0n) is 10.0. The van der Waals surface area contributed by atoms with Crippen molar-refractivity contribution >= 4 is 6.09 Å². The molecule has 0 atom stereocenters. The van der Waals surface area contributed by atoms with Crippen molar-refractivity contribution in [2.45, 2.75) is 13.0 Å². The highest BCUT2D eigenvalue weighted by Crippen LogP contribution is 2.11. The molecular formula is C15H15NO2. The summed E-state index contributed by atoms with van der Waals surface area (Å²) < 4.78 is 4.72. The molecule has 0 saturated carbocycles. The summed E-state index contributed by atoms with van der Waals surface area (Å²) in [6.45, 7) is 0.223. The molecule has 1 amide bonds. The predicted octanol–water partition coefficient (Wildman–Crippen LogP) is 2.87. The van der Waals surface area contributed by atoms with Gasteiger partial charge in [-0.25, -0.2) is 4.79 Å². The fraction of sp³-hybridized carbons (Fsp3) is 0.133. The van der Waals surface area contributed by atoms with Gasteiger partial charge in [-0.1, -0.05) is 54.6 Å². The van der Waals surface area contributed by atoms with Crippen molar-refractivity contribution in [2.75, 3.05) is 0 Å². The van der Waals surface area contributed by atoms with Crippen LogP contribution in [0.2, 0.25) is 0 Å². The van der Waals surface area contributed by atoms with Crippen LogP contribution in [0.3, 0.4) is 0 Å². The molecule has 0 aromatic heterocycles. The number of benzene rings is 2. The number of rotatable bonds is 4. The Morgan fingerprint density at radius 2 is 1.44 bits per heavy atom. The molecule has 0 heterocycles. The highest BCUT2D eigenvalue weighted by molar-refractivity contribution is 5.64. The molecule has 0 unspecified atom stereocenters. The molecule has 0 aliphatic carbocycles. The molecule has 18 heavy (non-hydrogen) atoms. The zero-order valence-corrected chi connectivity index (χ0v) is 10.0. The molecule has 0 bridgehead atoms. The number of primary amides is 1. The Kier molecular flexibility index (Phi) is 3.97. The van der Waals surface area contributed by atoms with E-state index >= 15 is 0 Å². The molecule has 2 N–H and O–H groups in total. The minimum atomic E-state index is -0.747. The average molecular weight is 241 g/mol. The highest BCUT2D eigenvalue weighted by atomic mass is 16.5. The van der Waals surface area contributed by atoms with Crippen molar-refractivity contribution in [3.63, 3.8) is 0 Å². The van der Waals surface area contributed by atoms with E-state index in [0.717, 1.165) is 12.0 Å². The van der Waals surface area contributed by atoms with Crippen LogP contribution in [0, 0.1) is 0 Å². The van der Waals surface area contributed by atoms with E-state index in [0.29, 0.717) is 0 Å². The predicted molar refractivity (Wildman–Crippen MR) is 70.1 cm³/mol. The summed E-state index contributed by atoms with van der Waals surface area (Å²) in [5, 5.41) is 0. The SMILES string of the molecule is NC(=O)OCc1ccc(Cc2ccccc2)cc1. The molecule has 3 heteroatoms. The average Bonchev–Trinajstić information content (AvgIpc) is 2.39. The molecule has 0 aliphatic rings. The zero-order chi connectivity index (χ0) is 12.8. The second kappa shape index (κ2) is 5.87. The van der Waals surface area contributed by atoms with E-state index in [9.17, 15) is 4.79 Å². The minimum absolute atomic E-state index is 0.223. The second-order valence-electron chi connectivity index (χ2n) is 4.09. The minimum Gasteiger partial charge on any atom is -0.445 e. The first kappa shape index (κ1) is 12.2. The van der Waals surface area contributed by atoms with Crippen LogP contribution in [-0.2, 0) is 17.8 Å². The van der Waals surface area contributed by atoms with Gasteiger partial charge in [0.15, 0.2) is 0 Å². The van der Waals surface area contributed by atoms with Crippen LogP contribution in [0.15, 0.2) is 54.6 Å². The third-order valence-corrected chi connectivity index (χ3v) is 2.66. The number of hydrogen-bond donors (Lipinski definition) is 1. The van der Waals surface area contributed by atoms with E-state index in [4.69, 9.17) is 10.5 Å². The van der Waals surface area contributed by atoms with E-state index in [-0.39, 0.29) is 6.61 Å². The van der Waals surface area contributed by atoms with Gasteiger partial charge >= 0.3 is 6.09 Å². The lowest BCUT2D eigenvalue weighted by molar-refractivity contribution is 0.150. The van der Waals surface area contributed by atoms with Crippen LogP contribution in [0.25, 0.3) is 0 Å². The lowest BCUT2D eigenvalue weighted by Gasteiger charge is -2.04. The molecule has 0 fully saturated rings. The summed E-state index contributed by atoms with van der Waals surface area (Å²) in [5.41, 5.74) is 8.35. The highest BCUT2D eigenvalue weighted by Gasteiger charge is 1.99. The number of carbonyl (C=O) groups is 1. The Morgan fingerprint density at radius 1 is 0.889 bits per heavy atom. The van der Waals surface area contributed by atoms with Gasteiger partial charge in [0.05, 0.1) is 0 Å². The second-order valence-corrected chi connectivity index (χ2v) is 4.09. The van der Waals surface area contributed by atoms with Crippen molar-refractivity contribution in [3.8, 4) is 0 Å². The van der Waals surface area contributed by atoms with Gasteiger partial charge in [0.2, 0.25) is 0 Å². The molecule has 2 aromatic rings. The normalized spacial score (nSPS) is 10.0. The van der Waals surface area contributed by atoms with Gasteiger partial charge in [0.1, 0.15) is 6.61 Å². The largest absolute Gasteiger partial charge is 0.445 e. The molecule has 92 valence electrons. The van der Waals surface area contributed by atoms with E-state index in [2.05, 4.69) is 12.1 Å². The number of ether oxygens (including phenoxy) is 1. The van der Waals surface area contributed by atoms with Crippen molar-refractivity contribution in [1.82, 2.24) is 0 Å². The molecule has 2 aromatic carbocycles.